The molecule has 0 aromatic heterocycles. The maximum Gasteiger partial charge on any atom is 0.147 e. The van der Waals surface area contributed by atoms with Gasteiger partial charge in [-0.1, -0.05) is 13.8 Å². The molecule has 0 aliphatic carbocycles. The standard InChI is InChI=1S/C11H25NO3S/c1-6-11(3,15-4)10(12-7-2)8-9-16(5,13)14/h10,12H,6-9H2,1-5H3. The van der Waals surface area contributed by atoms with Gasteiger partial charge in [0, 0.05) is 19.4 Å². The van der Waals surface area contributed by atoms with Crippen LogP contribution in [-0.4, -0.2) is 45.7 Å². The van der Waals surface area contributed by atoms with Crippen LogP contribution >= 0.6 is 0 Å². The van der Waals surface area contributed by atoms with E-state index in [1.54, 1.807) is 7.11 Å². The van der Waals surface area contributed by atoms with Crippen LogP contribution in [0.1, 0.15) is 33.6 Å². The van der Waals surface area contributed by atoms with Crippen molar-refractivity contribution >= 4 is 9.84 Å². The van der Waals surface area contributed by atoms with Crippen LogP contribution in [0.2, 0.25) is 0 Å². The molecule has 0 spiro atoms. The van der Waals surface area contributed by atoms with Gasteiger partial charge in [-0.25, -0.2) is 8.42 Å². The molecule has 1 N–H and O–H groups in total. The lowest BCUT2D eigenvalue weighted by molar-refractivity contribution is -0.0291. The van der Waals surface area contributed by atoms with Crippen LogP contribution in [0.3, 0.4) is 0 Å². The number of nitrogens with one attached hydrogen (secondary N) is 1. The van der Waals surface area contributed by atoms with Crippen LogP contribution in [0, 0.1) is 0 Å². The number of methoxy groups -OCH3 is 1. The minimum Gasteiger partial charge on any atom is -0.377 e. The van der Waals surface area contributed by atoms with Crippen LogP contribution in [0.15, 0.2) is 0 Å². The van der Waals surface area contributed by atoms with E-state index in [1.165, 1.54) is 6.26 Å². The third-order valence-corrected chi connectivity index (χ3v) is 4.11. The third kappa shape index (κ3) is 5.27. The molecule has 2 atom stereocenters. The molecule has 0 bridgehead atoms. The fourth-order valence-corrected chi connectivity index (χ4v) is 2.40. The van der Waals surface area contributed by atoms with Gasteiger partial charge in [0.15, 0.2) is 0 Å². The Morgan fingerprint density at radius 1 is 1.38 bits per heavy atom. The van der Waals surface area contributed by atoms with E-state index in [0.29, 0.717) is 6.42 Å². The highest BCUT2D eigenvalue weighted by Gasteiger charge is 2.32. The van der Waals surface area contributed by atoms with Crippen molar-refractivity contribution in [2.45, 2.75) is 45.3 Å². The van der Waals surface area contributed by atoms with Crippen LogP contribution in [0.4, 0.5) is 0 Å². The van der Waals surface area contributed by atoms with Gasteiger partial charge in [-0.3, -0.25) is 0 Å². The summed E-state index contributed by atoms with van der Waals surface area (Å²) in [7, 11) is -1.23. The van der Waals surface area contributed by atoms with Crippen molar-refractivity contribution in [1.82, 2.24) is 5.32 Å². The number of hydrogen-bond acceptors (Lipinski definition) is 4. The highest BCUT2D eigenvalue weighted by Crippen LogP contribution is 2.22. The van der Waals surface area contributed by atoms with Crippen molar-refractivity contribution in [2.75, 3.05) is 25.7 Å². The second-order valence-corrected chi connectivity index (χ2v) is 6.66. The molecule has 5 heteroatoms. The first-order valence-electron chi connectivity index (χ1n) is 5.75. The number of likely N-dealkylation sites (N-methyl/N-ethyl adjacent to an activating group) is 1. The van der Waals surface area contributed by atoms with Crippen molar-refractivity contribution in [3.63, 3.8) is 0 Å². The van der Waals surface area contributed by atoms with Crippen LogP contribution < -0.4 is 5.32 Å². The quantitative estimate of drug-likeness (QED) is 0.704. The molecule has 98 valence electrons. The lowest BCUT2D eigenvalue weighted by Crippen LogP contribution is -2.50. The van der Waals surface area contributed by atoms with Crippen molar-refractivity contribution in [3.05, 3.63) is 0 Å². The van der Waals surface area contributed by atoms with E-state index < -0.39 is 9.84 Å². The van der Waals surface area contributed by atoms with Crippen LogP contribution in [-0.2, 0) is 14.6 Å². The lowest BCUT2D eigenvalue weighted by atomic mass is 9.91. The Kier molecular flexibility index (Phi) is 6.51. The average molecular weight is 251 g/mol. The Morgan fingerprint density at radius 2 is 1.94 bits per heavy atom. The second-order valence-electron chi connectivity index (χ2n) is 4.40. The van der Waals surface area contributed by atoms with Gasteiger partial charge in [0.05, 0.1) is 11.4 Å². The molecular weight excluding hydrogens is 226 g/mol. The summed E-state index contributed by atoms with van der Waals surface area (Å²) < 4.78 is 27.9. The molecule has 0 saturated carbocycles. The van der Waals surface area contributed by atoms with Gasteiger partial charge in [-0.05, 0) is 26.3 Å². The van der Waals surface area contributed by atoms with E-state index >= 15 is 0 Å². The van der Waals surface area contributed by atoms with Crippen molar-refractivity contribution in [1.29, 1.82) is 0 Å². The second kappa shape index (κ2) is 6.57. The van der Waals surface area contributed by atoms with Crippen molar-refractivity contribution in [2.24, 2.45) is 0 Å². The lowest BCUT2D eigenvalue weighted by Gasteiger charge is -2.36. The van der Waals surface area contributed by atoms with Gasteiger partial charge >= 0.3 is 0 Å². The molecular formula is C11H25NO3S. The maximum atomic E-state index is 11.2. The Balaban J connectivity index is 4.60. The van der Waals surface area contributed by atoms with Gasteiger partial charge in [-0.2, -0.15) is 0 Å². The molecule has 0 aromatic rings. The molecule has 2 unspecified atom stereocenters. The summed E-state index contributed by atoms with van der Waals surface area (Å²) in [6, 6.07) is 0.0715. The smallest absolute Gasteiger partial charge is 0.147 e. The van der Waals surface area contributed by atoms with Gasteiger partial charge < -0.3 is 10.1 Å². The highest BCUT2D eigenvalue weighted by atomic mass is 32.2. The van der Waals surface area contributed by atoms with Crippen molar-refractivity contribution < 1.29 is 13.2 Å². The molecule has 0 fully saturated rings. The molecule has 0 rings (SSSR count). The highest BCUT2D eigenvalue weighted by molar-refractivity contribution is 7.90. The SMILES string of the molecule is CCNC(CCS(C)(=O)=O)C(C)(CC)OC. The molecule has 16 heavy (non-hydrogen) atoms. The van der Waals surface area contributed by atoms with Crippen molar-refractivity contribution in [3.8, 4) is 0 Å². The first kappa shape index (κ1) is 15.9. The normalized spacial score (nSPS) is 18.1. The zero-order valence-electron chi connectivity index (χ0n) is 11.0. The minimum atomic E-state index is -2.91. The zero-order chi connectivity index (χ0) is 12.8. The van der Waals surface area contributed by atoms with Gasteiger partial charge in [0.25, 0.3) is 0 Å². The predicted octanol–water partition coefficient (Wildman–Crippen LogP) is 1.21. The van der Waals surface area contributed by atoms with Gasteiger partial charge in [-0.15, -0.1) is 0 Å². The maximum absolute atomic E-state index is 11.2. The fraction of sp³-hybridized carbons (Fsp3) is 1.00. The summed E-state index contributed by atoms with van der Waals surface area (Å²) in [5, 5.41) is 3.31. The fourth-order valence-electron chi connectivity index (χ4n) is 1.73. The average Bonchev–Trinajstić information content (AvgIpc) is 2.21. The van der Waals surface area contributed by atoms with E-state index in [0.717, 1.165) is 13.0 Å². The monoisotopic (exact) mass is 251 g/mol. The summed E-state index contributed by atoms with van der Waals surface area (Å²) >= 11 is 0. The molecule has 0 heterocycles. The van der Waals surface area contributed by atoms with E-state index in [-0.39, 0.29) is 17.4 Å². The first-order chi connectivity index (χ1) is 7.29. The number of rotatable bonds is 8. The van der Waals surface area contributed by atoms with E-state index in [4.69, 9.17) is 4.74 Å². The molecule has 4 nitrogen and oxygen atoms in total. The van der Waals surface area contributed by atoms with E-state index in [2.05, 4.69) is 5.32 Å². The molecule has 0 aromatic carbocycles. The minimum absolute atomic E-state index is 0.0715. The van der Waals surface area contributed by atoms with Crippen LogP contribution in [0.25, 0.3) is 0 Å². The number of ether oxygens (including phenoxy) is 1. The summed E-state index contributed by atoms with van der Waals surface area (Å²) in [6.07, 6.45) is 2.71. The number of hydrogen-bond donors (Lipinski definition) is 1. The Bertz CT molecular complexity index is 284. The Hall–Kier alpha value is -0.130. The third-order valence-electron chi connectivity index (χ3n) is 3.13. The summed E-state index contributed by atoms with van der Waals surface area (Å²) in [6.45, 7) is 6.89. The molecule has 0 amide bonds. The summed E-state index contributed by atoms with van der Waals surface area (Å²) in [5.74, 6) is 0.198. The Labute approximate surface area is 99.7 Å². The zero-order valence-corrected chi connectivity index (χ0v) is 11.9. The summed E-state index contributed by atoms with van der Waals surface area (Å²) in [5.41, 5.74) is -0.305. The predicted molar refractivity (Wildman–Crippen MR) is 67.5 cm³/mol. The largest absolute Gasteiger partial charge is 0.377 e. The molecule has 0 aliphatic rings. The summed E-state index contributed by atoms with van der Waals surface area (Å²) in [4.78, 5) is 0. The molecule has 0 radical (unpaired) electrons. The Morgan fingerprint density at radius 3 is 2.25 bits per heavy atom. The number of sulfone groups is 1. The van der Waals surface area contributed by atoms with Gasteiger partial charge in [0.2, 0.25) is 0 Å². The molecule has 0 saturated heterocycles. The van der Waals surface area contributed by atoms with Crippen LogP contribution in [0.5, 0.6) is 0 Å². The topological polar surface area (TPSA) is 55.4 Å². The van der Waals surface area contributed by atoms with E-state index in [9.17, 15) is 8.42 Å². The molecule has 0 aliphatic heterocycles. The first-order valence-corrected chi connectivity index (χ1v) is 7.81. The van der Waals surface area contributed by atoms with Gasteiger partial charge in [0.1, 0.15) is 9.84 Å². The van der Waals surface area contributed by atoms with E-state index in [1.807, 2.05) is 20.8 Å².